The quantitative estimate of drug-likeness (QED) is 0.0569. The van der Waals surface area contributed by atoms with E-state index in [2.05, 4.69) is 37.8 Å². The number of unbranched alkanes of at least 4 members (excludes halogenated alkanes) is 2. The van der Waals surface area contributed by atoms with Gasteiger partial charge >= 0.3 is 0 Å². The van der Waals surface area contributed by atoms with Gasteiger partial charge in [-0.05, 0) is 100 Å². The average molecular weight is 929 g/mol. The van der Waals surface area contributed by atoms with Gasteiger partial charge in [-0.3, -0.25) is 28.9 Å². The molecular formula is C46H53ClN8O9S. The summed E-state index contributed by atoms with van der Waals surface area (Å²) < 4.78 is 37.4. The molecule has 65 heavy (non-hydrogen) atoms. The van der Waals surface area contributed by atoms with Gasteiger partial charge in [-0.1, -0.05) is 42.8 Å². The molecule has 1 atom stereocenters. The molecule has 3 heterocycles. The number of allylic oxidation sites excluding steroid dienone is 1. The van der Waals surface area contributed by atoms with Crippen molar-refractivity contribution in [2.45, 2.75) is 81.9 Å². The number of hydrogen-bond acceptors (Lipinski definition) is 13. The highest BCUT2D eigenvalue weighted by atomic mass is 35.5. The van der Waals surface area contributed by atoms with E-state index in [0.717, 1.165) is 16.0 Å². The van der Waals surface area contributed by atoms with Crippen molar-refractivity contribution in [3.63, 3.8) is 0 Å². The second kappa shape index (κ2) is 21.0. The number of nitrogens with zero attached hydrogens (tertiary/aromatic N) is 4. The molecule has 0 radical (unpaired) electrons. The number of carbonyl (C=O) groups is 5. The lowest BCUT2D eigenvalue weighted by Gasteiger charge is -2.29. The number of amides is 5. The fourth-order valence-electron chi connectivity index (χ4n) is 7.39. The van der Waals surface area contributed by atoms with Gasteiger partial charge in [0.1, 0.15) is 22.6 Å². The zero-order chi connectivity index (χ0) is 47.0. The van der Waals surface area contributed by atoms with Gasteiger partial charge in [-0.15, -0.1) is 0 Å². The van der Waals surface area contributed by atoms with Crippen molar-refractivity contribution in [2.24, 2.45) is 0 Å². The molecule has 0 saturated carbocycles. The number of hydrogen-bond donors (Lipinski definition) is 4. The van der Waals surface area contributed by atoms with E-state index in [4.69, 9.17) is 21.1 Å². The van der Waals surface area contributed by atoms with E-state index in [9.17, 15) is 32.4 Å². The number of rotatable bonds is 20. The SMILES string of the molecule is C=C1CCC(N2C(=O)c3cccc(OCC(=O)NCCCCCC(=O)N(C)CCc4cc(OC)c(Nc5ncc(Cl)c(Nc6ccccc6S(=O)(=O)C(C)C)n5)cc4C)c3C2=O)C(=O)N1. The van der Waals surface area contributed by atoms with Crippen LogP contribution in [0.15, 0.2) is 78.0 Å². The number of piperidine rings is 1. The molecule has 19 heteroatoms. The standard InChI is InChI=1S/C46H53ClN8O9S/c1-27(2)65(61,62)38-16-10-9-14-33(38)51-42-32(47)25-49-46(53-42)52-34-23-28(3)30(24-37(34)63-6)20-22-54(5)40(57)17-8-7-11-21-48-39(56)26-64-36-15-12-13-31-41(36)45(60)55(44(31)59)35-19-18-29(4)50-43(35)58/h9-10,12-16,23-25,27,35H,4,7-8,11,17-22,26H2,1-3,5-6H3,(H,48,56)(H,50,58)(H2,49,51,52,53). The Morgan fingerprint density at radius 1 is 1.02 bits per heavy atom. The topological polar surface area (TPSA) is 218 Å². The molecule has 1 saturated heterocycles. The van der Waals surface area contributed by atoms with Crippen LogP contribution in [0.1, 0.15) is 84.2 Å². The minimum atomic E-state index is -3.60. The highest BCUT2D eigenvalue weighted by molar-refractivity contribution is 7.92. The Bertz CT molecular complexity index is 2620. The van der Waals surface area contributed by atoms with E-state index in [-0.39, 0.29) is 57.5 Å². The molecule has 5 amide bonds. The number of para-hydroxylation sites is 1. The lowest BCUT2D eigenvalue weighted by atomic mass is 10.0. The lowest BCUT2D eigenvalue weighted by molar-refractivity contribution is -0.130. The smallest absolute Gasteiger partial charge is 0.266 e. The van der Waals surface area contributed by atoms with Gasteiger partial charge in [0, 0.05) is 32.3 Å². The number of aryl methyl sites for hydroxylation is 1. The minimum Gasteiger partial charge on any atom is -0.495 e. The first-order valence-corrected chi connectivity index (χ1v) is 23.1. The molecule has 1 fully saturated rings. The number of benzene rings is 3. The van der Waals surface area contributed by atoms with Gasteiger partial charge < -0.3 is 35.6 Å². The third-order valence-electron chi connectivity index (χ3n) is 11.1. The molecule has 4 N–H and O–H groups in total. The second-order valence-electron chi connectivity index (χ2n) is 16.0. The van der Waals surface area contributed by atoms with Gasteiger partial charge in [0.25, 0.3) is 17.7 Å². The highest BCUT2D eigenvalue weighted by Crippen LogP contribution is 2.35. The van der Waals surface area contributed by atoms with Gasteiger partial charge in [-0.25, -0.2) is 13.4 Å². The Morgan fingerprint density at radius 2 is 1.78 bits per heavy atom. The average Bonchev–Trinajstić information content (AvgIpc) is 3.53. The summed E-state index contributed by atoms with van der Waals surface area (Å²) in [6.45, 7) is 9.39. The number of ether oxygens (including phenoxy) is 2. The van der Waals surface area contributed by atoms with Crippen LogP contribution in [-0.4, -0.2) is 103 Å². The fraction of sp³-hybridized carbons (Fsp3) is 0.370. The minimum absolute atomic E-state index is 0.00405. The number of likely N-dealkylation sites (N-methyl/N-ethyl adjacent to an activating group) is 1. The molecule has 1 unspecified atom stereocenters. The predicted octanol–water partition coefficient (Wildman–Crippen LogP) is 6.26. The lowest BCUT2D eigenvalue weighted by Crippen LogP contribution is -2.51. The summed E-state index contributed by atoms with van der Waals surface area (Å²) >= 11 is 6.43. The van der Waals surface area contributed by atoms with Crippen LogP contribution >= 0.6 is 11.6 Å². The molecule has 4 aromatic rings. The van der Waals surface area contributed by atoms with Crippen molar-refractivity contribution < 1.29 is 41.9 Å². The fourth-order valence-corrected chi connectivity index (χ4v) is 8.73. The molecule has 6 rings (SSSR count). The van der Waals surface area contributed by atoms with Gasteiger partial charge in [0.15, 0.2) is 22.3 Å². The van der Waals surface area contributed by atoms with E-state index in [1.807, 2.05) is 19.1 Å². The van der Waals surface area contributed by atoms with Crippen LogP contribution in [0, 0.1) is 6.92 Å². The van der Waals surface area contributed by atoms with E-state index in [1.54, 1.807) is 57.2 Å². The van der Waals surface area contributed by atoms with Crippen molar-refractivity contribution in [3.8, 4) is 11.5 Å². The third-order valence-corrected chi connectivity index (χ3v) is 13.6. The van der Waals surface area contributed by atoms with Crippen LogP contribution in [0.3, 0.4) is 0 Å². The Kier molecular flexibility index (Phi) is 15.5. The van der Waals surface area contributed by atoms with Gasteiger partial charge in [0.2, 0.25) is 17.8 Å². The number of aromatic nitrogens is 2. The summed E-state index contributed by atoms with van der Waals surface area (Å²) in [5.74, 6) is -1.09. The third kappa shape index (κ3) is 11.2. The summed E-state index contributed by atoms with van der Waals surface area (Å²) in [5.41, 5.74) is 3.52. The molecule has 0 spiro atoms. The largest absolute Gasteiger partial charge is 0.495 e. The molecule has 344 valence electrons. The second-order valence-corrected chi connectivity index (χ2v) is 18.9. The number of methoxy groups -OCH3 is 1. The van der Waals surface area contributed by atoms with Crippen LogP contribution in [0.25, 0.3) is 0 Å². The summed E-state index contributed by atoms with van der Waals surface area (Å²) in [4.78, 5) is 76.2. The predicted molar refractivity (Wildman–Crippen MR) is 246 cm³/mol. The zero-order valence-electron chi connectivity index (χ0n) is 37.0. The number of anilines is 4. The van der Waals surface area contributed by atoms with Gasteiger partial charge in [-0.2, -0.15) is 4.98 Å². The molecule has 2 aliphatic heterocycles. The Balaban J connectivity index is 0.927. The zero-order valence-corrected chi connectivity index (χ0v) is 38.5. The molecule has 17 nitrogen and oxygen atoms in total. The number of imide groups is 1. The van der Waals surface area contributed by atoms with E-state index in [1.165, 1.54) is 24.4 Å². The molecule has 3 aromatic carbocycles. The van der Waals surface area contributed by atoms with E-state index < -0.39 is 44.8 Å². The van der Waals surface area contributed by atoms with E-state index in [0.29, 0.717) is 74.4 Å². The Hall–Kier alpha value is -6.53. The molecule has 0 aliphatic carbocycles. The first-order valence-electron chi connectivity index (χ1n) is 21.2. The number of carbonyl (C=O) groups excluding carboxylic acids is 5. The molecular weight excluding hydrogens is 876 g/mol. The Morgan fingerprint density at radius 3 is 2.52 bits per heavy atom. The van der Waals surface area contributed by atoms with Crippen LogP contribution in [-0.2, 0) is 30.6 Å². The normalized spacial score (nSPS) is 14.8. The van der Waals surface area contributed by atoms with Crippen molar-refractivity contribution in [1.82, 2.24) is 30.4 Å². The van der Waals surface area contributed by atoms with Crippen molar-refractivity contribution in [2.75, 3.05) is 44.5 Å². The molecule has 1 aromatic heterocycles. The van der Waals surface area contributed by atoms with Crippen LogP contribution in [0.5, 0.6) is 11.5 Å². The monoisotopic (exact) mass is 928 g/mol. The van der Waals surface area contributed by atoms with Crippen LogP contribution in [0.2, 0.25) is 5.02 Å². The summed E-state index contributed by atoms with van der Waals surface area (Å²) in [7, 11) is -0.287. The van der Waals surface area contributed by atoms with Crippen LogP contribution < -0.4 is 30.7 Å². The maximum Gasteiger partial charge on any atom is 0.266 e. The van der Waals surface area contributed by atoms with E-state index >= 15 is 0 Å². The summed E-state index contributed by atoms with van der Waals surface area (Å²) in [6, 6.07) is 13.9. The van der Waals surface area contributed by atoms with Crippen LogP contribution in [0.4, 0.5) is 23.1 Å². The van der Waals surface area contributed by atoms with Crippen molar-refractivity contribution in [1.29, 1.82) is 0 Å². The van der Waals surface area contributed by atoms with Gasteiger partial charge in [0.05, 0.1) is 46.0 Å². The molecule has 2 aliphatic rings. The number of fused-ring (bicyclic) bond motifs is 1. The maximum absolute atomic E-state index is 13.3. The summed E-state index contributed by atoms with van der Waals surface area (Å²) in [5, 5.41) is 11.2. The first kappa shape index (κ1) is 47.9. The number of sulfone groups is 1. The maximum atomic E-state index is 13.3. The Labute approximate surface area is 383 Å². The summed E-state index contributed by atoms with van der Waals surface area (Å²) in [6.07, 6.45) is 5.01. The highest BCUT2D eigenvalue weighted by Gasteiger charge is 2.45. The van der Waals surface area contributed by atoms with Crippen molar-refractivity contribution in [3.05, 3.63) is 100 Å². The first-order chi connectivity index (χ1) is 31.0. The number of halogens is 1. The van der Waals surface area contributed by atoms with Crippen molar-refractivity contribution >= 4 is 74.1 Å². The number of nitrogens with one attached hydrogen (secondary N) is 4. The molecule has 0 bridgehead atoms.